The number of aryl methyl sites for hydroxylation is 1. The van der Waals surface area contributed by atoms with Gasteiger partial charge in [-0.25, -0.2) is 8.42 Å². The van der Waals surface area contributed by atoms with Crippen LogP contribution in [0.5, 0.6) is 0 Å². The van der Waals surface area contributed by atoms with Crippen molar-refractivity contribution < 1.29 is 8.42 Å². The van der Waals surface area contributed by atoms with E-state index in [2.05, 4.69) is 36.5 Å². The Kier molecular flexibility index (Phi) is 5.89. The van der Waals surface area contributed by atoms with Crippen LogP contribution < -0.4 is 5.32 Å². The molecule has 0 spiro atoms. The topological polar surface area (TPSA) is 49.4 Å². The summed E-state index contributed by atoms with van der Waals surface area (Å²) in [6, 6.07) is 15.7. The molecule has 2 aromatic rings. The lowest BCUT2D eigenvalue weighted by Crippen LogP contribution is -2.35. The van der Waals surface area contributed by atoms with Gasteiger partial charge in [-0.15, -0.1) is 0 Å². The van der Waals surface area contributed by atoms with Crippen molar-refractivity contribution in [3.8, 4) is 0 Å². The normalized spacial score (nSPS) is 16.0. The van der Waals surface area contributed by atoms with Gasteiger partial charge in [0.2, 0.25) is 10.0 Å². The molecule has 0 aliphatic carbocycles. The van der Waals surface area contributed by atoms with E-state index in [-0.39, 0.29) is 0 Å². The Labute approximate surface area is 150 Å². The number of hydrogen-bond acceptors (Lipinski definition) is 3. The molecule has 0 bridgehead atoms. The summed E-state index contributed by atoms with van der Waals surface area (Å²) in [5, 5.41) is 3.41. The monoisotopic (exact) mass is 358 g/mol. The van der Waals surface area contributed by atoms with E-state index >= 15 is 0 Å². The molecule has 4 nitrogen and oxygen atoms in total. The third-order valence-electron chi connectivity index (χ3n) is 4.62. The molecule has 0 radical (unpaired) electrons. The van der Waals surface area contributed by atoms with Crippen molar-refractivity contribution in [3.05, 3.63) is 65.2 Å². The van der Waals surface area contributed by atoms with Gasteiger partial charge in [0, 0.05) is 26.2 Å². The molecule has 0 saturated carbocycles. The molecule has 1 heterocycles. The molecule has 25 heavy (non-hydrogen) atoms. The molecule has 134 valence electrons. The van der Waals surface area contributed by atoms with Crippen LogP contribution in [0.1, 0.15) is 36.0 Å². The Hall–Kier alpha value is -1.69. The van der Waals surface area contributed by atoms with Crippen molar-refractivity contribution in [1.29, 1.82) is 0 Å². The van der Waals surface area contributed by atoms with Crippen LogP contribution in [0.2, 0.25) is 0 Å². The highest BCUT2D eigenvalue weighted by atomic mass is 32.2. The highest BCUT2D eigenvalue weighted by molar-refractivity contribution is 7.89. The SMILES string of the molecule is Cc1cccc(CNCc2ccc(S(=O)(=O)N3CCCCC3)cc2)c1. The fourth-order valence-corrected chi connectivity index (χ4v) is 4.72. The number of nitrogens with one attached hydrogen (secondary N) is 1. The molecule has 2 aromatic carbocycles. The Morgan fingerprint density at radius 3 is 2.28 bits per heavy atom. The van der Waals surface area contributed by atoms with Crippen molar-refractivity contribution in [2.45, 2.75) is 44.2 Å². The number of piperidine rings is 1. The van der Waals surface area contributed by atoms with Gasteiger partial charge in [0.15, 0.2) is 0 Å². The van der Waals surface area contributed by atoms with E-state index in [4.69, 9.17) is 0 Å². The van der Waals surface area contributed by atoms with E-state index in [0.29, 0.717) is 18.0 Å². The smallest absolute Gasteiger partial charge is 0.243 e. The minimum Gasteiger partial charge on any atom is -0.309 e. The number of rotatable bonds is 6. The fourth-order valence-electron chi connectivity index (χ4n) is 3.21. The summed E-state index contributed by atoms with van der Waals surface area (Å²) in [6.07, 6.45) is 3.04. The van der Waals surface area contributed by atoms with Gasteiger partial charge in [-0.2, -0.15) is 4.31 Å². The molecular weight excluding hydrogens is 332 g/mol. The van der Waals surface area contributed by atoms with Crippen LogP contribution in [0, 0.1) is 6.92 Å². The average molecular weight is 359 g/mol. The van der Waals surface area contributed by atoms with Crippen molar-refractivity contribution in [2.24, 2.45) is 0 Å². The van der Waals surface area contributed by atoms with Gasteiger partial charge in [-0.1, -0.05) is 48.4 Å². The van der Waals surface area contributed by atoms with Crippen LogP contribution in [0.3, 0.4) is 0 Å². The van der Waals surface area contributed by atoms with E-state index in [0.717, 1.165) is 37.9 Å². The molecule has 3 rings (SSSR count). The molecule has 0 unspecified atom stereocenters. The molecule has 1 fully saturated rings. The molecule has 1 saturated heterocycles. The first-order chi connectivity index (χ1) is 12.1. The third-order valence-corrected chi connectivity index (χ3v) is 6.53. The lowest BCUT2D eigenvalue weighted by molar-refractivity contribution is 0.346. The van der Waals surface area contributed by atoms with E-state index in [1.807, 2.05) is 12.1 Å². The lowest BCUT2D eigenvalue weighted by atomic mass is 10.1. The fraction of sp³-hybridized carbons (Fsp3) is 0.400. The Morgan fingerprint density at radius 1 is 0.920 bits per heavy atom. The number of hydrogen-bond donors (Lipinski definition) is 1. The van der Waals surface area contributed by atoms with Crippen molar-refractivity contribution in [3.63, 3.8) is 0 Å². The van der Waals surface area contributed by atoms with Gasteiger partial charge in [0.05, 0.1) is 4.90 Å². The largest absolute Gasteiger partial charge is 0.309 e. The third kappa shape index (κ3) is 4.69. The quantitative estimate of drug-likeness (QED) is 0.860. The summed E-state index contributed by atoms with van der Waals surface area (Å²) >= 11 is 0. The van der Waals surface area contributed by atoms with Crippen LogP contribution in [0.4, 0.5) is 0 Å². The molecule has 1 aliphatic rings. The van der Waals surface area contributed by atoms with Crippen molar-refractivity contribution in [1.82, 2.24) is 9.62 Å². The zero-order chi connectivity index (χ0) is 17.7. The molecule has 5 heteroatoms. The first kappa shape index (κ1) is 18.1. The maximum absolute atomic E-state index is 12.6. The molecule has 0 atom stereocenters. The summed E-state index contributed by atoms with van der Waals surface area (Å²) in [5.74, 6) is 0. The highest BCUT2D eigenvalue weighted by Crippen LogP contribution is 2.20. The van der Waals surface area contributed by atoms with Gasteiger partial charge in [-0.05, 0) is 43.0 Å². The van der Waals surface area contributed by atoms with Gasteiger partial charge in [0.25, 0.3) is 0 Å². The first-order valence-electron chi connectivity index (χ1n) is 8.91. The van der Waals surface area contributed by atoms with Crippen LogP contribution >= 0.6 is 0 Å². The summed E-state index contributed by atoms with van der Waals surface area (Å²) in [5.41, 5.74) is 3.60. The van der Waals surface area contributed by atoms with Crippen LogP contribution in [0.25, 0.3) is 0 Å². The maximum Gasteiger partial charge on any atom is 0.243 e. The zero-order valence-electron chi connectivity index (χ0n) is 14.7. The summed E-state index contributed by atoms with van der Waals surface area (Å²) in [4.78, 5) is 0.400. The van der Waals surface area contributed by atoms with Crippen LogP contribution in [0.15, 0.2) is 53.4 Å². The summed E-state index contributed by atoms with van der Waals surface area (Å²) in [6.45, 7) is 4.89. The second kappa shape index (κ2) is 8.13. The maximum atomic E-state index is 12.6. The van der Waals surface area contributed by atoms with Crippen LogP contribution in [-0.4, -0.2) is 25.8 Å². The average Bonchev–Trinajstić information content (AvgIpc) is 2.63. The van der Waals surface area contributed by atoms with E-state index < -0.39 is 10.0 Å². The molecule has 1 N–H and O–H groups in total. The summed E-state index contributed by atoms with van der Waals surface area (Å²) in [7, 11) is -3.33. The Balaban J connectivity index is 1.58. The van der Waals surface area contributed by atoms with Crippen molar-refractivity contribution >= 4 is 10.0 Å². The second-order valence-electron chi connectivity index (χ2n) is 6.70. The molecule has 0 amide bonds. The zero-order valence-corrected chi connectivity index (χ0v) is 15.6. The van der Waals surface area contributed by atoms with Gasteiger partial charge < -0.3 is 5.32 Å². The number of benzene rings is 2. The molecular formula is C20H26N2O2S. The predicted molar refractivity (Wildman–Crippen MR) is 101 cm³/mol. The van der Waals surface area contributed by atoms with E-state index in [9.17, 15) is 8.42 Å². The molecule has 1 aliphatic heterocycles. The highest BCUT2D eigenvalue weighted by Gasteiger charge is 2.25. The Bertz CT molecular complexity index is 795. The van der Waals surface area contributed by atoms with E-state index in [1.54, 1.807) is 16.4 Å². The predicted octanol–water partition coefficient (Wildman–Crippen LogP) is 3.46. The Morgan fingerprint density at radius 2 is 1.60 bits per heavy atom. The van der Waals surface area contributed by atoms with Crippen LogP contribution in [-0.2, 0) is 23.1 Å². The lowest BCUT2D eigenvalue weighted by Gasteiger charge is -2.25. The van der Waals surface area contributed by atoms with Crippen molar-refractivity contribution in [2.75, 3.05) is 13.1 Å². The number of sulfonamides is 1. The first-order valence-corrected chi connectivity index (χ1v) is 10.3. The number of nitrogens with zero attached hydrogens (tertiary/aromatic N) is 1. The molecule has 0 aromatic heterocycles. The summed E-state index contributed by atoms with van der Waals surface area (Å²) < 4.78 is 26.9. The second-order valence-corrected chi connectivity index (χ2v) is 8.64. The standard InChI is InChI=1S/C20H26N2O2S/c1-17-6-5-7-19(14-17)16-21-15-18-8-10-20(11-9-18)25(23,24)22-12-3-2-4-13-22/h5-11,14,21H,2-4,12-13,15-16H2,1H3. The minimum atomic E-state index is -3.33. The minimum absolute atomic E-state index is 0.400. The van der Waals surface area contributed by atoms with Gasteiger partial charge in [0.1, 0.15) is 0 Å². The van der Waals surface area contributed by atoms with Gasteiger partial charge in [-0.3, -0.25) is 0 Å². The van der Waals surface area contributed by atoms with E-state index in [1.165, 1.54) is 11.1 Å². The van der Waals surface area contributed by atoms with Gasteiger partial charge >= 0.3 is 0 Å².